The number of thiophene rings is 1. The van der Waals surface area contributed by atoms with Crippen LogP contribution in [0.25, 0.3) is 0 Å². The van der Waals surface area contributed by atoms with E-state index in [1.807, 2.05) is 0 Å². The third kappa shape index (κ3) is 6.42. The van der Waals surface area contributed by atoms with Crippen molar-refractivity contribution in [2.24, 2.45) is 5.92 Å². The predicted octanol–water partition coefficient (Wildman–Crippen LogP) is 6.16. The summed E-state index contributed by atoms with van der Waals surface area (Å²) in [4.78, 5) is 0. The summed E-state index contributed by atoms with van der Waals surface area (Å²) >= 11 is 5.38. The molecule has 1 rings (SSSR count). The van der Waals surface area contributed by atoms with Crippen molar-refractivity contribution >= 4 is 27.3 Å². The number of nitrogens with one attached hydrogen (secondary N) is 1. The minimum Gasteiger partial charge on any atom is -0.310 e. The van der Waals surface area contributed by atoms with Crippen LogP contribution < -0.4 is 5.32 Å². The first-order valence-corrected chi connectivity index (χ1v) is 9.35. The van der Waals surface area contributed by atoms with Crippen molar-refractivity contribution in [3.05, 3.63) is 20.8 Å². The molecule has 1 aromatic rings. The third-order valence-corrected chi connectivity index (χ3v) is 5.27. The zero-order valence-corrected chi connectivity index (χ0v) is 14.9. The highest BCUT2D eigenvalue weighted by Gasteiger charge is 2.17. The van der Waals surface area contributed by atoms with Crippen LogP contribution in [0.5, 0.6) is 0 Å². The summed E-state index contributed by atoms with van der Waals surface area (Å²) in [6.45, 7) is 7.97. The van der Waals surface area contributed by atoms with Crippen LogP contribution in [-0.2, 0) is 0 Å². The Morgan fingerprint density at radius 1 is 1.26 bits per heavy atom. The van der Waals surface area contributed by atoms with Gasteiger partial charge in [-0.15, -0.1) is 11.3 Å². The Morgan fingerprint density at radius 2 is 2.05 bits per heavy atom. The molecule has 1 aromatic heterocycles. The lowest BCUT2D eigenvalue weighted by atomic mass is 9.90. The molecule has 0 amide bonds. The molecule has 0 aliphatic heterocycles. The van der Waals surface area contributed by atoms with Gasteiger partial charge >= 0.3 is 0 Å². The Bertz CT molecular complexity index is 337. The van der Waals surface area contributed by atoms with Crippen molar-refractivity contribution in [2.75, 3.05) is 6.54 Å². The van der Waals surface area contributed by atoms with Gasteiger partial charge in [-0.1, -0.05) is 46.5 Å². The van der Waals surface area contributed by atoms with Gasteiger partial charge in [0, 0.05) is 6.04 Å². The van der Waals surface area contributed by atoms with Gasteiger partial charge < -0.3 is 5.32 Å². The summed E-state index contributed by atoms with van der Waals surface area (Å²) in [5, 5.41) is 6.02. The van der Waals surface area contributed by atoms with E-state index in [4.69, 9.17) is 0 Å². The summed E-state index contributed by atoms with van der Waals surface area (Å²) in [6.07, 6.45) is 7.84. The Kier molecular flexibility index (Phi) is 9.01. The van der Waals surface area contributed by atoms with Gasteiger partial charge in [-0.3, -0.25) is 0 Å². The summed E-state index contributed by atoms with van der Waals surface area (Å²) in [7, 11) is 0. The largest absolute Gasteiger partial charge is 0.310 e. The lowest BCUT2D eigenvalue weighted by Crippen LogP contribution is -2.24. The van der Waals surface area contributed by atoms with E-state index in [0.29, 0.717) is 6.04 Å². The number of rotatable bonds is 10. The highest BCUT2D eigenvalue weighted by Crippen LogP contribution is 2.31. The van der Waals surface area contributed by atoms with Gasteiger partial charge in [0.2, 0.25) is 0 Å². The van der Waals surface area contributed by atoms with Crippen LogP contribution >= 0.6 is 27.3 Å². The molecule has 0 spiro atoms. The van der Waals surface area contributed by atoms with Crippen LogP contribution in [0.15, 0.2) is 15.2 Å². The van der Waals surface area contributed by atoms with E-state index in [0.717, 1.165) is 12.5 Å². The van der Waals surface area contributed by atoms with Crippen LogP contribution in [0, 0.1) is 5.92 Å². The maximum Gasteiger partial charge on any atom is 0.0701 e. The Morgan fingerprint density at radius 3 is 2.58 bits per heavy atom. The second-order valence-corrected chi connectivity index (χ2v) is 7.63. The molecular weight excluding hydrogens is 318 g/mol. The first-order valence-electron chi connectivity index (χ1n) is 7.68. The predicted molar refractivity (Wildman–Crippen MR) is 91.0 cm³/mol. The molecule has 2 atom stereocenters. The summed E-state index contributed by atoms with van der Waals surface area (Å²) in [5.74, 6) is 0.855. The number of hydrogen-bond acceptors (Lipinski definition) is 2. The van der Waals surface area contributed by atoms with Crippen LogP contribution in [0.3, 0.4) is 0 Å². The molecule has 2 unspecified atom stereocenters. The van der Waals surface area contributed by atoms with Gasteiger partial charge in [-0.05, 0) is 58.2 Å². The molecule has 19 heavy (non-hydrogen) atoms. The van der Waals surface area contributed by atoms with Gasteiger partial charge in [0.25, 0.3) is 0 Å². The SMILES string of the molecule is CCCCC(CC)CC(NCCC)c1csc(Br)c1. The fraction of sp³-hybridized carbons (Fsp3) is 0.750. The number of hydrogen-bond donors (Lipinski definition) is 1. The highest BCUT2D eigenvalue weighted by atomic mass is 79.9. The van der Waals surface area contributed by atoms with Crippen molar-refractivity contribution in [2.45, 2.75) is 65.3 Å². The van der Waals surface area contributed by atoms with E-state index < -0.39 is 0 Å². The van der Waals surface area contributed by atoms with Gasteiger partial charge in [0.15, 0.2) is 0 Å². The third-order valence-electron chi connectivity index (χ3n) is 3.74. The highest BCUT2D eigenvalue weighted by molar-refractivity contribution is 9.11. The van der Waals surface area contributed by atoms with Crippen LogP contribution in [-0.4, -0.2) is 6.54 Å². The fourth-order valence-electron chi connectivity index (χ4n) is 2.48. The molecule has 3 heteroatoms. The first-order chi connectivity index (χ1) is 9.21. The van der Waals surface area contributed by atoms with E-state index in [2.05, 4.69) is 53.5 Å². The van der Waals surface area contributed by atoms with E-state index >= 15 is 0 Å². The topological polar surface area (TPSA) is 12.0 Å². The standard InChI is InChI=1S/C16H28BrNS/c1-4-7-8-13(6-3)10-15(18-9-5-2)14-11-16(17)19-12-14/h11-13,15,18H,4-10H2,1-3H3. The summed E-state index contributed by atoms with van der Waals surface area (Å²) in [5.41, 5.74) is 1.46. The molecular formula is C16H28BrNS. The molecule has 0 saturated heterocycles. The van der Waals surface area contributed by atoms with Crippen LogP contribution in [0.4, 0.5) is 0 Å². The van der Waals surface area contributed by atoms with Crippen LogP contribution in [0.1, 0.15) is 70.9 Å². The lowest BCUT2D eigenvalue weighted by molar-refractivity contribution is 0.354. The summed E-state index contributed by atoms with van der Waals surface area (Å²) in [6, 6.07) is 2.81. The van der Waals surface area contributed by atoms with E-state index in [9.17, 15) is 0 Å². The Hall–Kier alpha value is 0.140. The smallest absolute Gasteiger partial charge is 0.0701 e. The zero-order chi connectivity index (χ0) is 14.1. The van der Waals surface area contributed by atoms with E-state index in [1.54, 1.807) is 11.3 Å². The van der Waals surface area contributed by atoms with Crippen molar-refractivity contribution in [3.63, 3.8) is 0 Å². The Balaban J connectivity index is 2.62. The second kappa shape index (κ2) is 9.95. The lowest BCUT2D eigenvalue weighted by Gasteiger charge is -2.23. The maximum atomic E-state index is 3.73. The molecule has 0 aliphatic rings. The molecule has 0 fully saturated rings. The van der Waals surface area contributed by atoms with Crippen molar-refractivity contribution in [3.8, 4) is 0 Å². The molecule has 1 N–H and O–H groups in total. The number of unbranched alkanes of at least 4 members (excludes halogenated alkanes) is 1. The summed E-state index contributed by atoms with van der Waals surface area (Å²) < 4.78 is 1.24. The van der Waals surface area contributed by atoms with E-state index in [1.165, 1.54) is 47.9 Å². The average Bonchev–Trinajstić information content (AvgIpc) is 2.84. The molecule has 110 valence electrons. The minimum absolute atomic E-state index is 0.532. The molecule has 0 saturated carbocycles. The van der Waals surface area contributed by atoms with Gasteiger partial charge in [0.1, 0.15) is 0 Å². The first kappa shape index (κ1) is 17.2. The van der Waals surface area contributed by atoms with Gasteiger partial charge in [-0.25, -0.2) is 0 Å². The van der Waals surface area contributed by atoms with Crippen molar-refractivity contribution < 1.29 is 0 Å². The Labute approximate surface area is 131 Å². The average molecular weight is 346 g/mol. The molecule has 0 aliphatic carbocycles. The van der Waals surface area contributed by atoms with Gasteiger partial charge in [0.05, 0.1) is 3.79 Å². The van der Waals surface area contributed by atoms with Crippen molar-refractivity contribution in [1.29, 1.82) is 0 Å². The molecule has 1 nitrogen and oxygen atoms in total. The molecule has 0 bridgehead atoms. The fourth-order valence-corrected chi connectivity index (χ4v) is 3.71. The van der Waals surface area contributed by atoms with E-state index in [-0.39, 0.29) is 0 Å². The van der Waals surface area contributed by atoms with Crippen LogP contribution in [0.2, 0.25) is 0 Å². The second-order valence-electron chi connectivity index (χ2n) is 5.34. The van der Waals surface area contributed by atoms with Gasteiger partial charge in [-0.2, -0.15) is 0 Å². The zero-order valence-electron chi connectivity index (χ0n) is 12.5. The molecule has 0 radical (unpaired) electrons. The minimum atomic E-state index is 0.532. The van der Waals surface area contributed by atoms with Crippen molar-refractivity contribution in [1.82, 2.24) is 5.32 Å². The number of halogens is 1. The normalized spacial score (nSPS) is 14.5. The maximum absolute atomic E-state index is 3.73. The molecule has 1 heterocycles. The quantitative estimate of drug-likeness (QED) is 0.535. The molecule has 0 aromatic carbocycles. The monoisotopic (exact) mass is 345 g/mol.